The fourth-order valence-electron chi connectivity index (χ4n) is 2.27. The van der Waals surface area contributed by atoms with Gasteiger partial charge in [-0.3, -0.25) is 0 Å². The van der Waals surface area contributed by atoms with Gasteiger partial charge >= 0.3 is 0 Å². The molecule has 1 unspecified atom stereocenters. The molecule has 1 atom stereocenters. The minimum absolute atomic E-state index is 0.0796. The Labute approximate surface area is 129 Å². The largest absolute Gasteiger partial charge is 0.324 e. The third kappa shape index (κ3) is 2.84. The Hall–Kier alpha value is -2.10. The Bertz CT molecular complexity index is 748. The van der Waals surface area contributed by atoms with Gasteiger partial charge in [-0.1, -0.05) is 48.0 Å². The van der Waals surface area contributed by atoms with Crippen LogP contribution in [0.15, 0.2) is 60.9 Å². The van der Waals surface area contributed by atoms with Gasteiger partial charge in [-0.2, -0.15) is 5.10 Å². The lowest BCUT2D eigenvalue weighted by Crippen LogP contribution is -2.06. The van der Waals surface area contributed by atoms with Crippen LogP contribution in [0, 0.1) is 0 Å². The van der Waals surface area contributed by atoms with Crippen molar-refractivity contribution in [2.24, 2.45) is 5.73 Å². The molecule has 0 bridgehead atoms. The van der Waals surface area contributed by atoms with E-state index in [1.54, 1.807) is 0 Å². The highest BCUT2D eigenvalue weighted by atomic mass is 35.5. The molecule has 3 nitrogen and oxygen atoms in total. The van der Waals surface area contributed by atoms with Crippen molar-refractivity contribution >= 4 is 11.6 Å². The van der Waals surface area contributed by atoms with E-state index >= 15 is 0 Å². The second-order valence-electron chi connectivity index (χ2n) is 5.03. The van der Waals surface area contributed by atoms with Gasteiger partial charge in [-0.15, -0.1) is 0 Å². The molecule has 0 aliphatic rings. The normalized spacial score (nSPS) is 12.3. The summed E-state index contributed by atoms with van der Waals surface area (Å²) in [5.74, 6) is 0. The molecule has 0 amide bonds. The maximum absolute atomic E-state index is 6.28. The minimum Gasteiger partial charge on any atom is -0.324 e. The van der Waals surface area contributed by atoms with E-state index < -0.39 is 0 Å². The number of hydrogen-bond donors (Lipinski definition) is 1. The maximum Gasteiger partial charge on any atom is 0.0660 e. The summed E-state index contributed by atoms with van der Waals surface area (Å²) in [7, 11) is 0. The van der Waals surface area contributed by atoms with Crippen LogP contribution < -0.4 is 5.73 Å². The van der Waals surface area contributed by atoms with Crippen LogP contribution in [0.4, 0.5) is 0 Å². The van der Waals surface area contributed by atoms with Crippen LogP contribution in [0.1, 0.15) is 18.5 Å². The topological polar surface area (TPSA) is 43.8 Å². The second kappa shape index (κ2) is 5.72. The first-order valence-corrected chi connectivity index (χ1v) is 7.18. The van der Waals surface area contributed by atoms with E-state index in [1.165, 1.54) is 0 Å². The third-order valence-corrected chi connectivity index (χ3v) is 3.76. The SMILES string of the molecule is CC(N)c1ccc(-n2cc(-c3ccccc3)cn2)cc1Cl. The summed E-state index contributed by atoms with van der Waals surface area (Å²) >= 11 is 6.28. The van der Waals surface area contributed by atoms with Crippen LogP contribution in [0.3, 0.4) is 0 Å². The fourth-order valence-corrected chi connectivity index (χ4v) is 2.62. The van der Waals surface area contributed by atoms with E-state index in [-0.39, 0.29) is 6.04 Å². The molecule has 3 aromatic rings. The summed E-state index contributed by atoms with van der Waals surface area (Å²) in [5.41, 5.74) is 9.95. The van der Waals surface area contributed by atoms with E-state index in [2.05, 4.69) is 17.2 Å². The molecule has 0 spiro atoms. The predicted octanol–water partition coefficient (Wildman–Crippen LogP) is 4.21. The lowest BCUT2D eigenvalue weighted by molar-refractivity contribution is 0.814. The molecule has 2 aromatic carbocycles. The van der Waals surface area contributed by atoms with Crippen LogP contribution in [0.25, 0.3) is 16.8 Å². The van der Waals surface area contributed by atoms with Crippen molar-refractivity contribution in [1.29, 1.82) is 0 Å². The zero-order chi connectivity index (χ0) is 14.8. The molecule has 0 saturated heterocycles. The van der Waals surface area contributed by atoms with Crippen molar-refractivity contribution < 1.29 is 0 Å². The van der Waals surface area contributed by atoms with Crippen LogP contribution in [0.5, 0.6) is 0 Å². The summed E-state index contributed by atoms with van der Waals surface area (Å²) in [6.45, 7) is 1.92. The summed E-state index contributed by atoms with van der Waals surface area (Å²) < 4.78 is 1.82. The monoisotopic (exact) mass is 297 g/mol. The van der Waals surface area contributed by atoms with Gasteiger partial charge in [-0.05, 0) is 30.2 Å². The highest BCUT2D eigenvalue weighted by Crippen LogP contribution is 2.25. The Morgan fingerprint density at radius 2 is 1.86 bits per heavy atom. The molecule has 106 valence electrons. The lowest BCUT2D eigenvalue weighted by Gasteiger charge is -2.10. The van der Waals surface area contributed by atoms with Crippen molar-refractivity contribution in [3.05, 3.63) is 71.5 Å². The summed E-state index contributed by atoms with van der Waals surface area (Å²) in [5, 5.41) is 5.07. The van der Waals surface area contributed by atoms with Crippen molar-refractivity contribution in [1.82, 2.24) is 9.78 Å². The van der Waals surface area contributed by atoms with Crippen molar-refractivity contribution in [2.45, 2.75) is 13.0 Å². The Morgan fingerprint density at radius 3 is 2.52 bits per heavy atom. The molecule has 2 N–H and O–H groups in total. The van der Waals surface area contributed by atoms with Crippen molar-refractivity contribution in [2.75, 3.05) is 0 Å². The van der Waals surface area contributed by atoms with Crippen molar-refractivity contribution in [3.63, 3.8) is 0 Å². The average molecular weight is 298 g/mol. The van der Waals surface area contributed by atoms with Gasteiger partial charge in [0.1, 0.15) is 0 Å². The number of rotatable bonds is 3. The smallest absolute Gasteiger partial charge is 0.0660 e. The average Bonchev–Trinajstić information content (AvgIpc) is 2.97. The number of aromatic nitrogens is 2. The van der Waals surface area contributed by atoms with E-state index in [4.69, 9.17) is 17.3 Å². The van der Waals surface area contributed by atoms with Gasteiger partial charge in [0.15, 0.2) is 0 Å². The first-order valence-electron chi connectivity index (χ1n) is 6.80. The first-order chi connectivity index (χ1) is 10.1. The van der Waals surface area contributed by atoms with Crippen molar-refractivity contribution in [3.8, 4) is 16.8 Å². The zero-order valence-electron chi connectivity index (χ0n) is 11.7. The molecule has 0 fully saturated rings. The number of benzene rings is 2. The molecule has 1 aromatic heterocycles. The molecule has 21 heavy (non-hydrogen) atoms. The minimum atomic E-state index is -0.0796. The predicted molar refractivity (Wildman–Crippen MR) is 86.6 cm³/mol. The lowest BCUT2D eigenvalue weighted by atomic mass is 10.1. The van der Waals surface area contributed by atoms with Crippen LogP contribution in [-0.2, 0) is 0 Å². The van der Waals surface area contributed by atoms with Gasteiger partial charge < -0.3 is 5.73 Å². The zero-order valence-corrected chi connectivity index (χ0v) is 12.5. The van der Waals surface area contributed by atoms with Gasteiger partial charge in [0.2, 0.25) is 0 Å². The molecular weight excluding hydrogens is 282 g/mol. The Balaban J connectivity index is 1.95. The highest BCUT2D eigenvalue weighted by molar-refractivity contribution is 6.31. The molecule has 0 aliphatic carbocycles. The van der Waals surface area contributed by atoms with E-state index in [0.717, 1.165) is 22.4 Å². The maximum atomic E-state index is 6.28. The molecule has 4 heteroatoms. The third-order valence-electron chi connectivity index (χ3n) is 3.43. The van der Waals surface area contributed by atoms with Gasteiger partial charge in [-0.25, -0.2) is 4.68 Å². The fraction of sp³-hybridized carbons (Fsp3) is 0.118. The standard InChI is InChI=1S/C17H16ClN3/c1-12(19)16-8-7-15(9-17(16)18)21-11-14(10-20-21)13-5-3-2-4-6-13/h2-12H,19H2,1H3. The molecule has 3 rings (SSSR count). The Kier molecular flexibility index (Phi) is 3.78. The van der Waals surface area contributed by atoms with Crippen LogP contribution in [-0.4, -0.2) is 9.78 Å². The van der Waals surface area contributed by atoms with Crippen LogP contribution in [0.2, 0.25) is 5.02 Å². The summed E-state index contributed by atoms with van der Waals surface area (Å²) in [6.07, 6.45) is 3.84. The quantitative estimate of drug-likeness (QED) is 0.787. The molecule has 0 aliphatic heterocycles. The van der Waals surface area contributed by atoms with E-state index in [9.17, 15) is 0 Å². The number of nitrogens with two attached hydrogens (primary N) is 1. The molecular formula is C17H16ClN3. The molecule has 0 saturated carbocycles. The summed E-state index contributed by atoms with van der Waals surface area (Å²) in [4.78, 5) is 0. The first kappa shape index (κ1) is 13.9. The number of halogens is 1. The van der Waals surface area contributed by atoms with E-state index in [0.29, 0.717) is 5.02 Å². The Morgan fingerprint density at radius 1 is 1.10 bits per heavy atom. The second-order valence-corrected chi connectivity index (χ2v) is 5.44. The van der Waals surface area contributed by atoms with Gasteiger partial charge in [0.05, 0.1) is 11.9 Å². The van der Waals surface area contributed by atoms with Gasteiger partial charge in [0.25, 0.3) is 0 Å². The summed E-state index contributed by atoms with van der Waals surface area (Å²) in [6, 6.07) is 15.9. The van der Waals surface area contributed by atoms with Gasteiger partial charge in [0, 0.05) is 22.8 Å². The molecule has 0 radical (unpaired) electrons. The number of nitrogens with zero attached hydrogens (tertiary/aromatic N) is 2. The number of hydrogen-bond acceptors (Lipinski definition) is 2. The van der Waals surface area contributed by atoms with E-state index in [1.807, 2.05) is 60.4 Å². The molecule has 1 heterocycles. The van der Waals surface area contributed by atoms with Crippen LogP contribution >= 0.6 is 11.6 Å². The highest BCUT2D eigenvalue weighted by Gasteiger charge is 2.08.